The molecule has 0 fully saturated rings. The van der Waals surface area contributed by atoms with Crippen LogP contribution in [0.5, 0.6) is 0 Å². The molecule has 0 aliphatic rings. The lowest BCUT2D eigenvalue weighted by atomic mass is 9.94. The van der Waals surface area contributed by atoms with E-state index in [4.69, 9.17) is 8.83 Å². The minimum absolute atomic E-state index is 0.828. The zero-order chi connectivity index (χ0) is 37.9. The predicted molar refractivity (Wildman–Crippen MR) is 241 cm³/mol. The molecule has 0 N–H and O–H groups in total. The molecule has 0 atom stereocenters. The molecule has 270 valence electrons. The Hall–Kier alpha value is -7.82. The molecule has 0 saturated heterocycles. The van der Waals surface area contributed by atoms with Gasteiger partial charge >= 0.3 is 0 Å². The van der Waals surface area contributed by atoms with Crippen molar-refractivity contribution in [2.24, 2.45) is 0 Å². The Kier molecular flexibility index (Phi) is 6.41. The molecule has 4 nitrogen and oxygen atoms in total. The lowest BCUT2D eigenvalue weighted by molar-refractivity contribution is 0.664. The maximum absolute atomic E-state index is 6.99. The van der Waals surface area contributed by atoms with Crippen molar-refractivity contribution < 1.29 is 8.83 Å². The number of furan rings is 2. The lowest BCUT2D eigenvalue weighted by Crippen LogP contribution is -1.93. The van der Waals surface area contributed by atoms with Gasteiger partial charge in [-0.3, -0.25) is 0 Å². The van der Waals surface area contributed by atoms with Crippen molar-refractivity contribution in [2.75, 3.05) is 0 Å². The van der Waals surface area contributed by atoms with Gasteiger partial charge in [0.25, 0.3) is 0 Å². The van der Waals surface area contributed by atoms with E-state index >= 15 is 0 Å². The van der Waals surface area contributed by atoms with Crippen LogP contribution >= 0.6 is 0 Å². The van der Waals surface area contributed by atoms with Crippen LogP contribution in [0.15, 0.2) is 203 Å². The summed E-state index contributed by atoms with van der Waals surface area (Å²) in [4.78, 5) is 0. The van der Waals surface area contributed by atoms with Crippen LogP contribution in [0.25, 0.3) is 121 Å². The van der Waals surface area contributed by atoms with E-state index in [0.717, 1.165) is 66.4 Å². The third kappa shape index (κ3) is 4.40. The van der Waals surface area contributed by atoms with Crippen LogP contribution in [0.2, 0.25) is 0 Å². The van der Waals surface area contributed by atoms with E-state index in [2.05, 4.69) is 203 Å². The van der Waals surface area contributed by atoms with Gasteiger partial charge in [0.15, 0.2) is 0 Å². The summed E-state index contributed by atoms with van der Waals surface area (Å²) in [6, 6.07) is 69.3. The minimum Gasteiger partial charge on any atom is -0.456 e. The highest BCUT2D eigenvalue weighted by Crippen LogP contribution is 2.46. The highest BCUT2D eigenvalue weighted by atomic mass is 16.3. The van der Waals surface area contributed by atoms with Gasteiger partial charge in [0, 0.05) is 60.0 Å². The molecule has 0 amide bonds. The van der Waals surface area contributed by atoms with Gasteiger partial charge in [-0.1, -0.05) is 127 Å². The van der Waals surface area contributed by atoms with E-state index in [1.807, 2.05) is 0 Å². The van der Waals surface area contributed by atoms with Gasteiger partial charge in [0.05, 0.1) is 22.1 Å². The number of fused-ring (bicyclic) bond motifs is 12. The monoisotopic (exact) mass is 740 g/mol. The third-order valence-corrected chi connectivity index (χ3v) is 12.1. The summed E-state index contributed by atoms with van der Waals surface area (Å²) in [7, 11) is 0. The molecule has 58 heavy (non-hydrogen) atoms. The minimum atomic E-state index is 0.828. The Morgan fingerprint density at radius 3 is 1.29 bits per heavy atom. The molecule has 0 spiro atoms. The average molecular weight is 741 g/mol. The van der Waals surface area contributed by atoms with Crippen LogP contribution in [0, 0.1) is 0 Å². The Bertz CT molecular complexity index is 3670. The van der Waals surface area contributed by atoms with Crippen molar-refractivity contribution in [3.63, 3.8) is 0 Å². The number of hydrogen-bond donors (Lipinski definition) is 0. The number of rotatable bonds is 4. The first-order valence-corrected chi connectivity index (χ1v) is 19.8. The van der Waals surface area contributed by atoms with Gasteiger partial charge in [-0.25, -0.2) is 0 Å². The van der Waals surface area contributed by atoms with E-state index in [-0.39, 0.29) is 0 Å². The number of nitrogens with zero attached hydrogens (tertiary/aromatic N) is 2. The summed E-state index contributed by atoms with van der Waals surface area (Å²) >= 11 is 0. The average Bonchev–Trinajstić information content (AvgIpc) is 4.03. The van der Waals surface area contributed by atoms with Gasteiger partial charge in [-0.05, 0) is 83.4 Å². The summed E-state index contributed by atoms with van der Waals surface area (Å²) in [5.41, 5.74) is 14.7. The predicted octanol–water partition coefficient (Wildman–Crippen LogP) is 15.0. The summed E-state index contributed by atoms with van der Waals surface area (Å²) < 4.78 is 18.6. The van der Waals surface area contributed by atoms with Crippen LogP contribution < -0.4 is 0 Å². The largest absolute Gasteiger partial charge is 0.456 e. The highest BCUT2D eigenvalue weighted by Gasteiger charge is 2.23. The van der Waals surface area contributed by atoms with Gasteiger partial charge in [0.1, 0.15) is 22.3 Å². The van der Waals surface area contributed by atoms with Gasteiger partial charge in [0.2, 0.25) is 0 Å². The number of aromatic nitrogens is 2. The lowest BCUT2D eigenvalue weighted by Gasteiger charge is -2.10. The maximum Gasteiger partial charge on any atom is 0.144 e. The second kappa shape index (κ2) is 11.8. The second-order valence-electron chi connectivity index (χ2n) is 15.2. The molecular formula is C54H32N2O2. The second-order valence-corrected chi connectivity index (χ2v) is 15.2. The first kappa shape index (κ1) is 31.4. The number of para-hydroxylation sites is 4. The summed E-state index contributed by atoms with van der Waals surface area (Å²) in [5.74, 6) is 0. The fourth-order valence-corrected chi connectivity index (χ4v) is 9.56. The normalized spacial score (nSPS) is 12.1. The summed E-state index contributed by atoms with van der Waals surface area (Å²) in [5, 5.41) is 9.10. The quantitative estimate of drug-likeness (QED) is 0.180. The molecular weight excluding hydrogens is 709 g/mol. The smallest absolute Gasteiger partial charge is 0.144 e. The molecule has 0 saturated carbocycles. The molecule has 9 aromatic carbocycles. The van der Waals surface area contributed by atoms with Crippen LogP contribution in [0.4, 0.5) is 0 Å². The van der Waals surface area contributed by atoms with Crippen LogP contribution in [-0.2, 0) is 0 Å². The van der Waals surface area contributed by atoms with Crippen molar-refractivity contribution in [1.82, 2.24) is 9.13 Å². The van der Waals surface area contributed by atoms with Gasteiger partial charge in [-0.2, -0.15) is 0 Å². The van der Waals surface area contributed by atoms with Gasteiger partial charge in [-0.15, -0.1) is 0 Å². The van der Waals surface area contributed by atoms with Crippen molar-refractivity contribution >= 4 is 87.5 Å². The molecule has 0 bridgehead atoms. The van der Waals surface area contributed by atoms with E-state index in [0.29, 0.717) is 0 Å². The zero-order valence-electron chi connectivity index (χ0n) is 31.2. The van der Waals surface area contributed by atoms with E-state index in [1.54, 1.807) is 0 Å². The SMILES string of the molecule is c1ccc(-c2ccc(-c3c4oc5ccc(-n6c7ccccc7c7ccccc76)cc5c4cc4oc5ccc(-n6c7ccccc7c7ccccc76)cc5c34)cc2)cc1. The Balaban J connectivity index is 1.10. The van der Waals surface area contributed by atoms with E-state index in [1.165, 1.54) is 54.7 Å². The standard InChI is InChI=1S/C54H32N2O2/c1-2-12-33(13-3-1)34-22-24-35(25-23-34)52-53-44-31-37(56-47-20-10-6-16-40(47)41-17-7-11-21-48(41)56)27-29-50(44)57-51(53)32-43-42-30-36(26-28-49(42)58-54(43)52)55-45-18-8-4-14-38(45)39-15-5-9-19-46(39)55/h1-32H. The fourth-order valence-electron chi connectivity index (χ4n) is 9.56. The molecule has 4 heterocycles. The zero-order valence-corrected chi connectivity index (χ0v) is 31.2. The molecule has 0 aliphatic heterocycles. The maximum atomic E-state index is 6.99. The molecule has 0 unspecified atom stereocenters. The van der Waals surface area contributed by atoms with Crippen molar-refractivity contribution in [3.8, 4) is 33.6 Å². The van der Waals surface area contributed by atoms with Crippen molar-refractivity contribution in [3.05, 3.63) is 194 Å². The fraction of sp³-hybridized carbons (Fsp3) is 0. The van der Waals surface area contributed by atoms with Crippen LogP contribution in [-0.4, -0.2) is 9.13 Å². The van der Waals surface area contributed by atoms with Crippen LogP contribution in [0.3, 0.4) is 0 Å². The van der Waals surface area contributed by atoms with E-state index < -0.39 is 0 Å². The Morgan fingerprint density at radius 2 is 0.741 bits per heavy atom. The van der Waals surface area contributed by atoms with Gasteiger partial charge < -0.3 is 18.0 Å². The number of benzene rings is 9. The molecule has 0 aliphatic carbocycles. The molecule has 0 radical (unpaired) electrons. The molecule has 4 heteroatoms. The first-order chi connectivity index (χ1) is 28.8. The Morgan fingerprint density at radius 1 is 0.293 bits per heavy atom. The highest BCUT2D eigenvalue weighted by molar-refractivity contribution is 6.24. The molecule has 4 aromatic heterocycles. The summed E-state index contributed by atoms with van der Waals surface area (Å²) in [6.45, 7) is 0. The van der Waals surface area contributed by atoms with Crippen molar-refractivity contribution in [1.29, 1.82) is 0 Å². The van der Waals surface area contributed by atoms with Crippen molar-refractivity contribution in [2.45, 2.75) is 0 Å². The summed E-state index contributed by atoms with van der Waals surface area (Å²) in [6.07, 6.45) is 0. The van der Waals surface area contributed by atoms with Crippen LogP contribution in [0.1, 0.15) is 0 Å². The topological polar surface area (TPSA) is 36.1 Å². The van der Waals surface area contributed by atoms with E-state index in [9.17, 15) is 0 Å². The Labute approximate surface area is 332 Å². The molecule has 13 aromatic rings. The molecule has 13 rings (SSSR count). The number of hydrogen-bond acceptors (Lipinski definition) is 2. The third-order valence-electron chi connectivity index (χ3n) is 12.1. The first-order valence-electron chi connectivity index (χ1n) is 19.8.